The zero-order valence-corrected chi connectivity index (χ0v) is 18.7. The Kier molecular flexibility index (Phi) is 4.36. The van der Waals surface area contributed by atoms with Gasteiger partial charge in [0.2, 0.25) is 11.8 Å². The molecule has 3 heterocycles. The number of benzene rings is 1. The summed E-state index contributed by atoms with van der Waals surface area (Å²) in [6, 6.07) is 7.75. The van der Waals surface area contributed by atoms with E-state index in [-0.39, 0.29) is 45.6 Å². The molecule has 10 heteroatoms. The number of H-pyrrole nitrogens is 1. The maximum Gasteiger partial charge on any atom is 0.323 e. The van der Waals surface area contributed by atoms with Gasteiger partial charge < -0.3 is 14.8 Å². The number of nitrogens with one attached hydrogen (secondary N) is 1. The Morgan fingerprint density at radius 2 is 1.91 bits per heavy atom. The molecule has 2 aromatic rings. The summed E-state index contributed by atoms with van der Waals surface area (Å²) in [7, 11) is 1.62. The third kappa shape index (κ3) is 2.56. The number of carbonyl (C=O) groups is 3. The van der Waals surface area contributed by atoms with Crippen molar-refractivity contribution in [2.75, 3.05) is 13.7 Å². The van der Waals surface area contributed by atoms with Crippen LogP contribution < -0.4 is 9.61 Å². The van der Waals surface area contributed by atoms with E-state index in [9.17, 15) is 24.3 Å². The molecule has 1 saturated heterocycles. The van der Waals surface area contributed by atoms with Crippen LogP contribution in [0.15, 0.2) is 34.1 Å². The predicted octanol–water partition coefficient (Wildman–Crippen LogP) is 2.00. The number of nitrogens with zero attached hydrogens (tertiary/aromatic N) is 1. The van der Waals surface area contributed by atoms with Gasteiger partial charge in [0.1, 0.15) is 12.3 Å². The summed E-state index contributed by atoms with van der Waals surface area (Å²) in [6.45, 7) is -0.580. The number of amides is 2. The molecule has 32 heavy (non-hydrogen) atoms. The Morgan fingerprint density at radius 1 is 1.19 bits per heavy atom. The van der Waals surface area contributed by atoms with Crippen molar-refractivity contribution >= 4 is 40.9 Å². The molecule has 2 amide bonds. The minimum atomic E-state index is -1.18. The highest BCUT2D eigenvalue weighted by atomic mass is 32.2. The molecule has 3 fully saturated rings. The van der Waals surface area contributed by atoms with E-state index in [0.717, 1.165) is 32.5 Å². The van der Waals surface area contributed by atoms with Crippen LogP contribution in [0.5, 0.6) is 5.75 Å². The monoisotopic (exact) mass is 472 g/mol. The fraction of sp³-hybridized carbons (Fsp3) is 0.455. The number of para-hydroxylation sites is 1. The van der Waals surface area contributed by atoms with Gasteiger partial charge in [0, 0.05) is 21.6 Å². The Balaban J connectivity index is 1.47. The standard InChI is InChI=1S/C22H20N2O6S2/c1-30-11-5-3-2-4-8(11)13-14-9-6-10(17(14)31-19-18(13)32-22(29)23-19)16-15(9)20(27)24(21(16)28)7-12(25)26/h2-5,9-10,13-17H,6-7H2,1H3,(H,23,29)(H,25,26)/t9-,10+,13+,14+,15+,16+,17+/m0/s1. The number of imide groups is 1. The molecule has 1 aromatic carbocycles. The summed E-state index contributed by atoms with van der Waals surface area (Å²) >= 11 is 2.80. The number of aliphatic carboxylic acids is 1. The zero-order valence-electron chi connectivity index (χ0n) is 17.0. The summed E-state index contributed by atoms with van der Waals surface area (Å²) in [5.41, 5.74) is 0.977. The molecule has 2 saturated carbocycles. The molecule has 0 radical (unpaired) electrons. The van der Waals surface area contributed by atoms with Crippen molar-refractivity contribution in [3.8, 4) is 5.75 Å². The molecule has 8 nitrogen and oxygen atoms in total. The van der Waals surface area contributed by atoms with Gasteiger partial charge in [0.15, 0.2) is 0 Å². The second kappa shape index (κ2) is 6.95. The van der Waals surface area contributed by atoms with Crippen LogP contribution in [0.2, 0.25) is 0 Å². The first-order chi connectivity index (χ1) is 15.4. The third-order valence-corrected chi connectivity index (χ3v) is 10.2. The van der Waals surface area contributed by atoms with Gasteiger partial charge >= 0.3 is 10.8 Å². The van der Waals surface area contributed by atoms with Crippen LogP contribution in [-0.4, -0.2) is 51.7 Å². The summed E-state index contributed by atoms with van der Waals surface area (Å²) in [5.74, 6) is -2.24. The largest absolute Gasteiger partial charge is 0.496 e. The summed E-state index contributed by atoms with van der Waals surface area (Å²) in [4.78, 5) is 54.5. The van der Waals surface area contributed by atoms with Crippen molar-refractivity contribution in [2.45, 2.75) is 22.6 Å². The number of carbonyl (C=O) groups excluding carboxylic acids is 2. The number of fused-ring (bicyclic) bond motifs is 9. The number of carboxylic acid groups (broad SMARTS) is 1. The lowest BCUT2D eigenvalue weighted by Crippen LogP contribution is -2.42. The first kappa shape index (κ1) is 20.0. The van der Waals surface area contributed by atoms with E-state index in [1.807, 2.05) is 24.3 Å². The number of thiazole rings is 1. The number of hydrogen-bond acceptors (Lipinski definition) is 7. The lowest BCUT2D eigenvalue weighted by Gasteiger charge is -2.43. The van der Waals surface area contributed by atoms with Crippen LogP contribution in [-0.2, 0) is 14.4 Å². The van der Waals surface area contributed by atoms with Gasteiger partial charge in [-0.2, -0.15) is 0 Å². The number of thioether (sulfide) groups is 1. The van der Waals surface area contributed by atoms with Crippen molar-refractivity contribution < 1.29 is 24.2 Å². The number of hydrogen-bond donors (Lipinski definition) is 2. The molecule has 2 aliphatic carbocycles. The van der Waals surface area contributed by atoms with E-state index >= 15 is 0 Å². The minimum absolute atomic E-state index is 0.0241. The SMILES string of the molecule is COc1ccccc1[C@H]1c2sc(=O)[nH]c2S[C@@H]2[C@@H]3C[C@H]([C@H]4C(=O)N(CC(=O)O)C(=O)[C@H]34)[C@H]12. The number of methoxy groups -OCH3 is 1. The molecule has 0 spiro atoms. The highest BCUT2D eigenvalue weighted by molar-refractivity contribution is 8.00. The van der Waals surface area contributed by atoms with Crippen molar-refractivity contribution in [3.05, 3.63) is 44.4 Å². The maximum atomic E-state index is 13.2. The highest BCUT2D eigenvalue weighted by Crippen LogP contribution is 2.68. The zero-order chi connectivity index (χ0) is 22.3. The van der Waals surface area contributed by atoms with E-state index in [1.165, 1.54) is 11.3 Å². The predicted molar refractivity (Wildman–Crippen MR) is 116 cm³/mol. The molecule has 2 bridgehead atoms. The van der Waals surface area contributed by atoms with Gasteiger partial charge in [-0.3, -0.25) is 24.1 Å². The Labute approximate surface area is 191 Å². The van der Waals surface area contributed by atoms with Crippen LogP contribution in [0.4, 0.5) is 0 Å². The van der Waals surface area contributed by atoms with Gasteiger partial charge in [-0.1, -0.05) is 29.5 Å². The van der Waals surface area contributed by atoms with Gasteiger partial charge in [0.25, 0.3) is 0 Å². The first-order valence-corrected chi connectivity index (χ1v) is 12.2. The first-order valence-electron chi connectivity index (χ1n) is 10.5. The van der Waals surface area contributed by atoms with Crippen molar-refractivity contribution in [1.29, 1.82) is 0 Å². The average molecular weight is 473 g/mol. The number of carboxylic acids is 1. The average Bonchev–Trinajstić information content (AvgIpc) is 3.49. The van der Waals surface area contributed by atoms with Crippen molar-refractivity contribution in [1.82, 2.24) is 9.88 Å². The second-order valence-electron chi connectivity index (χ2n) is 8.86. The smallest absolute Gasteiger partial charge is 0.323 e. The van der Waals surface area contributed by atoms with E-state index < -0.39 is 24.3 Å². The van der Waals surface area contributed by atoms with E-state index in [0.29, 0.717) is 0 Å². The van der Waals surface area contributed by atoms with Gasteiger partial charge in [-0.15, -0.1) is 11.8 Å². The highest BCUT2D eigenvalue weighted by Gasteiger charge is 2.69. The summed E-state index contributed by atoms with van der Waals surface area (Å²) in [6.07, 6.45) is 0.765. The second-order valence-corrected chi connectivity index (χ2v) is 11.1. The fourth-order valence-corrected chi connectivity index (χ4v) is 9.52. The number of aromatic nitrogens is 1. The van der Waals surface area contributed by atoms with E-state index in [2.05, 4.69) is 4.98 Å². The summed E-state index contributed by atoms with van der Waals surface area (Å²) < 4.78 is 5.65. The van der Waals surface area contributed by atoms with Crippen LogP contribution in [0.3, 0.4) is 0 Å². The molecular weight excluding hydrogens is 452 g/mol. The van der Waals surface area contributed by atoms with Gasteiger partial charge in [0.05, 0.1) is 24.0 Å². The normalized spacial score (nSPS) is 34.4. The topological polar surface area (TPSA) is 117 Å². The fourth-order valence-electron chi connectivity index (χ4n) is 6.64. The molecule has 2 N–H and O–H groups in total. The molecule has 166 valence electrons. The number of ether oxygens (including phenoxy) is 1. The van der Waals surface area contributed by atoms with Crippen LogP contribution in [0, 0.1) is 29.6 Å². The molecule has 6 rings (SSSR count). The van der Waals surface area contributed by atoms with Crippen LogP contribution in [0.25, 0.3) is 0 Å². The Bertz CT molecular complexity index is 1220. The minimum Gasteiger partial charge on any atom is -0.496 e. The molecule has 4 aliphatic rings. The molecular formula is C22H20N2O6S2. The number of aromatic amines is 1. The van der Waals surface area contributed by atoms with Gasteiger partial charge in [-0.25, -0.2) is 0 Å². The number of likely N-dealkylation sites (tertiary alicyclic amines) is 1. The van der Waals surface area contributed by atoms with Crippen LogP contribution in [0.1, 0.15) is 22.8 Å². The molecule has 7 atom stereocenters. The number of rotatable bonds is 4. The van der Waals surface area contributed by atoms with Crippen molar-refractivity contribution in [3.63, 3.8) is 0 Å². The van der Waals surface area contributed by atoms with Crippen molar-refractivity contribution in [2.24, 2.45) is 29.6 Å². The molecule has 2 aliphatic heterocycles. The third-order valence-electron chi connectivity index (χ3n) is 7.58. The van der Waals surface area contributed by atoms with E-state index in [4.69, 9.17) is 4.74 Å². The lowest BCUT2D eigenvalue weighted by molar-refractivity contribution is -0.149. The Morgan fingerprint density at radius 3 is 2.62 bits per heavy atom. The Hall–Kier alpha value is -2.59. The quantitative estimate of drug-likeness (QED) is 0.654. The lowest BCUT2D eigenvalue weighted by atomic mass is 9.68. The van der Waals surface area contributed by atoms with Crippen LogP contribution >= 0.6 is 23.1 Å². The molecule has 1 aromatic heterocycles. The molecule has 0 unspecified atom stereocenters. The van der Waals surface area contributed by atoms with E-state index in [1.54, 1.807) is 18.9 Å². The van der Waals surface area contributed by atoms with Gasteiger partial charge in [-0.05, 0) is 30.2 Å². The maximum absolute atomic E-state index is 13.2. The summed E-state index contributed by atoms with van der Waals surface area (Å²) in [5, 5.41) is 10.1.